The molecule has 2 aromatic carbocycles. The molecule has 3 N–H and O–H groups in total. The van der Waals surface area contributed by atoms with Gasteiger partial charge in [0, 0.05) is 9.75 Å². The zero-order valence-electron chi connectivity index (χ0n) is 14.8. The van der Waals surface area contributed by atoms with E-state index in [2.05, 4.69) is 10.6 Å². The second-order valence-electron chi connectivity index (χ2n) is 5.89. The van der Waals surface area contributed by atoms with Crippen molar-refractivity contribution in [1.82, 2.24) is 10.6 Å². The van der Waals surface area contributed by atoms with Gasteiger partial charge in [0.05, 0.1) is 13.1 Å². The summed E-state index contributed by atoms with van der Waals surface area (Å²) in [6, 6.07) is 22.6. The van der Waals surface area contributed by atoms with Crippen molar-refractivity contribution >= 4 is 17.4 Å². The summed E-state index contributed by atoms with van der Waals surface area (Å²) >= 11 is 1.49. The lowest BCUT2D eigenvalue weighted by atomic mass is 10.1. The van der Waals surface area contributed by atoms with Gasteiger partial charge in [-0.3, -0.25) is 0 Å². The smallest absolute Gasteiger partial charge is 0.315 e. The van der Waals surface area contributed by atoms with Crippen molar-refractivity contribution in [1.29, 1.82) is 0 Å². The lowest BCUT2D eigenvalue weighted by Gasteiger charge is -2.09. The van der Waals surface area contributed by atoms with Crippen LogP contribution >= 0.6 is 11.3 Å². The average molecular weight is 382 g/mol. The molecular weight excluding hydrogens is 360 g/mol. The molecule has 0 spiro atoms. The van der Waals surface area contributed by atoms with E-state index in [1.807, 2.05) is 72.8 Å². The molecule has 0 radical (unpaired) electrons. The third kappa shape index (κ3) is 5.84. The highest BCUT2D eigenvalue weighted by Gasteiger charge is 2.13. The number of carbonyl (C=O) groups is 1. The van der Waals surface area contributed by atoms with Gasteiger partial charge < -0.3 is 20.5 Å². The van der Waals surface area contributed by atoms with Crippen LogP contribution in [-0.4, -0.2) is 24.3 Å². The lowest BCUT2D eigenvalue weighted by molar-refractivity contribution is 0.224. The van der Waals surface area contributed by atoms with Crippen LogP contribution in [0.15, 0.2) is 72.8 Å². The Balaban J connectivity index is 1.38. The molecule has 0 unspecified atom stereocenters. The molecule has 27 heavy (non-hydrogen) atoms. The molecule has 1 atom stereocenters. The molecule has 2 amide bonds. The van der Waals surface area contributed by atoms with E-state index in [9.17, 15) is 9.90 Å². The van der Waals surface area contributed by atoms with Crippen LogP contribution < -0.4 is 15.4 Å². The number of hydrogen-bond acceptors (Lipinski definition) is 4. The number of urea groups is 1. The zero-order valence-corrected chi connectivity index (χ0v) is 15.6. The van der Waals surface area contributed by atoms with E-state index >= 15 is 0 Å². The molecule has 0 fully saturated rings. The maximum absolute atomic E-state index is 11.9. The van der Waals surface area contributed by atoms with Crippen LogP contribution in [-0.2, 0) is 6.54 Å². The standard InChI is InChI=1S/C21H22N2O3S/c24-20(16-7-3-1-4-8-16)19-12-11-18(27-19)15-23-21(25)22-13-14-26-17-9-5-2-6-10-17/h1-12,20,24H,13-15H2,(H2,22,23,25)/t20-/m0/s1. The Morgan fingerprint density at radius 3 is 2.41 bits per heavy atom. The third-order valence-electron chi connectivity index (χ3n) is 3.89. The minimum absolute atomic E-state index is 0.245. The van der Waals surface area contributed by atoms with Crippen molar-refractivity contribution in [2.45, 2.75) is 12.6 Å². The van der Waals surface area contributed by atoms with Crippen LogP contribution in [0.25, 0.3) is 0 Å². The summed E-state index contributed by atoms with van der Waals surface area (Å²) in [6.45, 7) is 1.24. The number of rotatable bonds is 8. The summed E-state index contributed by atoms with van der Waals surface area (Å²) < 4.78 is 5.52. The maximum atomic E-state index is 11.9. The number of amides is 2. The number of carbonyl (C=O) groups excluding carboxylic acids is 1. The normalized spacial score (nSPS) is 11.6. The molecule has 6 heteroatoms. The number of aliphatic hydroxyl groups excluding tert-OH is 1. The number of thiophene rings is 1. The van der Waals surface area contributed by atoms with E-state index in [-0.39, 0.29) is 6.03 Å². The number of aliphatic hydroxyl groups is 1. The summed E-state index contributed by atoms with van der Waals surface area (Å²) in [7, 11) is 0. The van der Waals surface area contributed by atoms with Gasteiger partial charge in [-0.2, -0.15) is 0 Å². The Morgan fingerprint density at radius 1 is 0.963 bits per heavy atom. The van der Waals surface area contributed by atoms with Crippen LogP contribution in [0.1, 0.15) is 21.4 Å². The van der Waals surface area contributed by atoms with Crippen molar-refractivity contribution in [3.05, 3.63) is 88.1 Å². The Labute approximate surface area is 162 Å². The first-order chi connectivity index (χ1) is 13.2. The molecule has 1 aromatic heterocycles. The van der Waals surface area contributed by atoms with Crippen LogP contribution in [0.5, 0.6) is 5.75 Å². The predicted octanol–water partition coefficient (Wildman–Crippen LogP) is 3.71. The first kappa shape index (κ1) is 18.9. The number of para-hydroxylation sites is 1. The number of hydrogen-bond donors (Lipinski definition) is 3. The molecule has 0 aliphatic rings. The van der Waals surface area contributed by atoms with Crippen LogP contribution in [0.4, 0.5) is 4.79 Å². The van der Waals surface area contributed by atoms with E-state index < -0.39 is 6.10 Å². The maximum Gasteiger partial charge on any atom is 0.315 e. The fraction of sp³-hybridized carbons (Fsp3) is 0.190. The molecular formula is C21H22N2O3S. The predicted molar refractivity (Wildman–Crippen MR) is 107 cm³/mol. The monoisotopic (exact) mass is 382 g/mol. The van der Waals surface area contributed by atoms with E-state index in [0.717, 1.165) is 21.1 Å². The van der Waals surface area contributed by atoms with E-state index in [1.54, 1.807) is 0 Å². The average Bonchev–Trinajstić information content (AvgIpc) is 3.19. The summed E-state index contributed by atoms with van der Waals surface area (Å²) in [5.74, 6) is 0.780. The van der Waals surface area contributed by atoms with Crippen LogP contribution in [0.3, 0.4) is 0 Å². The van der Waals surface area contributed by atoms with E-state index in [1.165, 1.54) is 11.3 Å². The highest BCUT2D eigenvalue weighted by Crippen LogP contribution is 2.28. The molecule has 0 saturated carbocycles. The van der Waals surface area contributed by atoms with Gasteiger partial charge in [0.15, 0.2) is 0 Å². The fourth-order valence-electron chi connectivity index (χ4n) is 2.52. The second kappa shape index (κ2) is 9.75. The highest BCUT2D eigenvalue weighted by atomic mass is 32.1. The molecule has 5 nitrogen and oxygen atoms in total. The van der Waals surface area contributed by atoms with Gasteiger partial charge in [0.2, 0.25) is 0 Å². The zero-order chi connectivity index (χ0) is 18.9. The Morgan fingerprint density at radius 2 is 1.67 bits per heavy atom. The number of ether oxygens (including phenoxy) is 1. The van der Waals surface area contributed by atoms with Crippen LogP contribution in [0, 0.1) is 0 Å². The van der Waals surface area contributed by atoms with Gasteiger partial charge in [0.25, 0.3) is 0 Å². The van der Waals surface area contributed by atoms with Crippen molar-refractivity contribution in [3.63, 3.8) is 0 Å². The van der Waals surface area contributed by atoms with Crippen molar-refractivity contribution in [2.24, 2.45) is 0 Å². The first-order valence-corrected chi connectivity index (χ1v) is 9.55. The second-order valence-corrected chi connectivity index (χ2v) is 7.09. The Bertz CT molecular complexity index is 837. The molecule has 140 valence electrons. The van der Waals surface area contributed by atoms with E-state index in [4.69, 9.17) is 4.74 Å². The highest BCUT2D eigenvalue weighted by molar-refractivity contribution is 7.12. The third-order valence-corrected chi connectivity index (χ3v) is 5.03. The Kier molecular flexibility index (Phi) is 6.84. The topological polar surface area (TPSA) is 70.6 Å². The Hall–Kier alpha value is -2.83. The van der Waals surface area contributed by atoms with Gasteiger partial charge in [-0.05, 0) is 29.8 Å². The molecule has 0 saturated heterocycles. The van der Waals surface area contributed by atoms with Gasteiger partial charge in [-0.1, -0.05) is 48.5 Å². The number of nitrogens with one attached hydrogen (secondary N) is 2. The van der Waals surface area contributed by atoms with Crippen molar-refractivity contribution in [2.75, 3.05) is 13.2 Å². The molecule has 0 aliphatic heterocycles. The van der Waals surface area contributed by atoms with Crippen molar-refractivity contribution < 1.29 is 14.6 Å². The van der Waals surface area contributed by atoms with Crippen LogP contribution in [0.2, 0.25) is 0 Å². The lowest BCUT2D eigenvalue weighted by Crippen LogP contribution is -2.37. The van der Waals surface area contributed by atoms with Gasteiger partial charge >= 0.3 is 6.03 Å². The van der Waals surface area contributed by atoms with E-state index in [0.29, 0.717) is 19.7 Å². The molecule has 1 heterocycles. The van der Waals surface area contributed by atoms with Gasteiger partial charge in [-0.15, -0.1) is 11.3 Å². The summed E-state index contributed by atoms with van der Waals surface area (Å²) in [4.78, 5) is 13.7. The molecule has 0 aliphatic carbocycles. The van der Waals surface area contributed by atoms with Gasteiger partial charge in [0.1, 0.15) is 18.5 Å². The summed E-state index contributed by atoms with van der Waals surface area (Å²) in [5.41, 5.74) is 0.856. The molecule has 0 bridgehead atoms. The van der Waals surface area contributed by atoms with Crippen molar-refractivity contribution in [3.8, 4) is 5.75 Å². The quantitative estimate of drug-likeness (QED) is 0.520. The molecule has 3 rings (SSSR count). The molecule has 3 aromatic rings. The summed E-state index contributed by atoms with van der Waals surface area (Å²) in [5, 5.41) is 16.0. The number of benzene rings is 2. The minimum Gasteiger partial charge on any atom is -0.492 e. The largest absolute Gasteiger partial charge is 0.492 e. The first-order valence-electron chi connectivity index (χ1n) is 8.73. The van der Waals surface area contributed by atoms with Gasteiger partial charge in [-0.25, -0.2) is 4.79 Å². The SMILES string of the molecule is O=C(NCCOc1ccccc1)NCc1ccc([C@@H](O)c2ccccc2)s1. The fourth-order valence-corrected chi connectivity index (χ4v) is 3.48. The summed E-state index contributed by atoms with van der Waals surface area (Å²) in [6.07, 6.45) is -0.645. The minimum atomic E-state index is -0.645.